The Kier molecular flexibility index (Phi) is 9.70. The quantitative estimate of drug-likeness (QED) is 0.345. The molecule has 1 aromatic heterocycles. The average molecular weight is 481 g/mol. The Hall–Kier alpha value is -2.11. The number of nitrogens with one attached hydrogen (secondary N) is 2. The standard InChI is InChI=1S/C16H21F2N5O2.HI/c1-19-16(20-7-9-23-8-3-6-22-23)21-11-12-10-13(24-2)4-5-14(12)25-15(17)18;/h3-6,8,10,15H,7,9,11H2,1-2H3,(H2,19,20,21);1H. The molecule has 2 aromatic rings. The molecule has 0 atom stereocenters. The van der Waals surface area contributed by atoms with Crippen molar-refractivity contribution in [3.8, 4) is 11.5 Å². The average Bonchev–Trinajstić information content (AvgIpc) is 3.12. The van der Waals surface area contributed by atoms with E-state index in [4.69, 9.17) is 4.74 Å². The molecular formula is C16H22F2IN5O2. The van der Waals surface area contributed by atoms with Crippen LogP contribution in [-0.4, -0.2) is 43.1 Å². The summed E-state index contributed by atoms with van der Waals surface area (Å²) in [6.45, 7) is -1.36. The summed E-state index contributed by atoms with van der Waals surface area (Å²) in [4.78, 5) is 4.10. The van der Waals surface area contributed by atoms with Crippen molar-refractivity contribution < 1.29 is 18.3 Å². The maximum absolute atomic E-state index is 12.5. The molecule has 0 aliphatic carbocycles. The van der Waals surface area contributed by atoms with Crippen LogP contribution in [0.1, 0.15) is 5.56 Å². The van der Waals surface area contributed by atoms with Gasteiger partial charge in [0.15, 0.2) is 5.96 Å². The SMILES string of the molecule is CN=C(NCCn1cccn1)NCc1cc(OC)ccc1OC(F)F.I. The van der Waals surface area contributed by atoms with Crippen LogP contribution in [0.5, 0.6) is 11.5 Å². The van der Waals surface area contributed by atoms with E-state index in [0.717, 1.165) is 0 Å². The third kappa shape index (κ3) is 7.02. The fourth-order valence-corrected chi connectivity index (χ4v) is 2.15. The number of aliphatic imine (C=N–C) groups is 1. The third-order valence-corrected chi connectivity index (χ3v) is 3.35. The van der Waals surface area contributed by atoms with E-state index >= 15 is 0 Å². The monoisotopic (exact) mass is 481 g/mol. The lowest BCUT2D eigenvalue weighted by molar-refractivity contribution is -0.0504. The number of guanidine groups is 1. The molecule has 0 saturated carbocycles. The number of hydrogen-bond acceptors (Lipinski definition) is 4. The maximum atomic E-state index is 12.5. The number of hydrogen-bond donors (Lipinski definition) is 2. The molecule has 2 rings (SSSR count). The number of ether oxygens (including phenoxy) is 2. The summed E-state index contributed by atoms with van der Waals surface area (Å²) >= 11 is 0. The van der Waals surface area contributed by atoms with Gasteiger partial charge < -0.3 is 20.1 Å². The van der Waals surface area contributed by atoms with Gasteiger partial charge in [0, 0.05) is 38.1 Å². The van der Waals surface area contributed by atoms with E-state index in [1.165, 1.54) is 13.2 Å². The lowest BCUT2D eigenvalue weighted by atomic mass is 10.2. The lowest BCUT2D eigenvalue weighted by Crippen LogP contribution is -2.38. The minimum atomic E-state index is -2.89. The second-order valence-corrected chi connectivity index (χ2v) is 4.97. The molecule has 0 fully saturated rings. The molecule has 26 heavy (non-hydrogen) atoms. The number of methoxy groups -OCH3 is 1. The topological polar surface area (TPSA) is 72.7 Å². The number of aromatic nitrogens is 2. The Balaban J connectivity index is 0.00000338. The minimum absolute atomic E-state index is 0. The normalized spacial score (nSPS) is 11.0. The van der Waals surface area contributed by atoms with Crippen molar-refractivity contribution in [2.75, 3.05) is 20.7 Å². The van der Waals surface area contributed by atoms with Gasteiger partial charge in [0.2, 0.25) is 0 Å². The molecule has 1 aromatic carbocycles. The number of benzene rings is 1. The molecule has 0 aliphatic heterocycles. The van der Waals surface area contributed by atoms with Gasteiger partial charge in [-0.2, -0.15) is 13.9 Å². The molecule has 0 amide bonds. The van der Waals surface area contributed by atoms with Gasteiger partial charge in [0.25, 0.3) is 0 Å². The highest BCUT2D eigenvalue weighted by molar-refractivity contribution is 14.0. The number of nitrogens with zero attached hydrogens (tertiary/aromatic N) is 3. The van der Waals surface area contributed by atoms with E-state index < -0.39 is 6.61 Å². The fraction of sp³-hybridized carbons (Fsp3) is 0.375. The van der Waals surface area contributed by atoms with Crippen molar-refractivity contribution in [1.82, 2.24) is 20.4 Å². The number of rotatable bonds is 8. The first-order valence-corrected chi connectivity index (χ1v) is 7.66. The molecular weight excluding hydrogens is 459 g/mol. The van der Waals surface area contributed by atoms with Crippen molar-refractivity contribution in [2.24, 2.45) is 4.99 Å². The van der Waals surface area contributed by atoms with Crippen LogP contribution < -0.4 is 20.1 Å². The highest BCUT2D eigenvalue weighted by Gasteiger charge is 2.11. The second-order valence-electron chi connectivity index (χ2n) is 4.97. The Labute approximate surface area is 167 Å². The van der Waals surface area contributed by atoms with Crippen LogP contribution in [-0.2, 0) is 13.1 Å². The van der Waals surface area contributed by atoms with Crippen LogP contribution in [0.15, 0.2) is 41.7 Å². The van der Waals surface area contributed by atoms with E-state index in [2.05, 4.69) is 25.5 Å². The molecule has 0 bridgehead atoms. The van der Waals surface area contributed by atoms with Crippen LogP contribution in [0.4, 0.5) is 8.78 Å². The smallest absolute Gasteiger partial charge is 0.387 e. The highest BCUT2D eigenvalue weighted by atomic mass is 127. The molecule has 7 nitrogen and oxygen atoms in total. The van der Waals surface area contributed by atoms with E-state index in [0.29, 0.717) is 30.4 Å². The van der Waals surface area contributed by atoms with Gasteiger partial charge in [-0.3, -0.25) is 9.67 Å². The summed E-state index contributed by atoms with van der Waals surface area (Å²) in [5.41, 5.74) is 0.537. The summed E-state index contributed by atoms with van der Waals surface area (Å²) in [6, 6.07) is 6.51. The van der Waals surface area contributed by atoms with Crippen molar-refractivity contribution in [3.63, 3.8) is 0 Å². The van der Waals surface area contributed by atoms with Gasteiger partial charge >= 0.3 is 6.61 Å². The van der Waals surface area contributed by atoms with E-state index in [-0.39, 0.29) is 36.3 Å². The zero-order valence-corrected chi connectivity index (χ0v) is 16.8. The molecule has 0 saturated heterocycles. The first kappa shape index (κ1) is 21.9. The highest BCUT2D eigenvalue weighted by Crippen LogP contribution is 2.25. The van der Waals surface area contributed by atoms with Gasteiger partial charge in [0.05, 0.1) is 13.7 Å². The molecule has 0 unspecified atom stereocenters. The van der Waals surface area contributed by atoms with Gasteiger partial charge in [0.1, 0.15) is 11.5 Å². The van der Waals surface area contributed by atoms with E-state index in [1.54, 1.807) is 30.1 Å². The lowest BCUT2D eigenvalue weighted by Gasteiger charge is -2.15. The van der Waals surface area contributed by atoms with Gasteiger partial charge in [-0.1, -0.05) is 0 Å². The Morgan fingerprint density at radius 2 is 2.15 bits per heavy atom. The van der Waals surface area contributed by atoms with Crippen LogP contribution in [0.3, 0.4) is 0 Å². The molecule has 1 heterocycles. The first-order chi connectivity index (χ1) is 12.1. The molecule has 2 N–H and O–H groups in total. The van der Waals surface area contributed by atoms with Crippen molar-refractivity contribution in [1.29, 1.82) is 0 Å². The zero-order chi connectivity index (χ0) is 18.1. The molecule has 144 valence electrons. The van der Waals surface area contributed by atoms with Crippen molar-refractivity contribution in [2.45, 2.75) is 19.7 Å². The molecule has 0 aliphatic rings. The Morgan fingerprint density at radius 1 is 1.35 bits per heavy atom. The Bertz CT molecular complexity index is 683. The summed E-state index contributed by atoms with van der Waals surface area (Å²) < 4.78 is 36.5. The largest absolute Gasteiger partial charge is 0.497 e. The molecule has 10 heteroatoms. The summed E-state index contributed by atoms with van der Waals surface area (Å²) in [7, 11) is 3.14. The van der Waals surface area contributed by atoms with Crippen LogP contribution in [0.2, 0.25) is 0 Å². The summed E-state index contributed by atoms with van der Waals surface area (Å²) in [5, 5.41) is 10.3. The van der Waals surface area contributed by atoms with Crippen molar-refractivity contribution >= 4 is 29.9 Å². The van der Waals surface area contributed by atoms with Gasteiger partial charge in [-0.25, -0.2) is 0 Å². The zero-order valence-electron chi connectivity index (χ0n) is 14.5. The predicted octanol–water partition coefficient (Wildman–Crippen LogP) is 2.48. The number of alkyl halides is 2. The second kappa shape index (κ2) is 11.5. The molecule has 0 spiro atoms. The van der Waals surface area contributed by atoms with E-state index in [1.807, 2.05) is 12.3 Å². The van der Waals surface area contributed by atoms with Crippen LogP contribution >= 0.6 is 24.0 Å². The Morgan fingerprint density at radius 3 is 2.77 bits per heavy atom. The summed E-state index contributed by atoms with van der Waals surface area (Å²) in [6.07, 6.45) is 3.57. The van der Waals surface area contributed by atoms with Gasteiger partial charge in [-0.15, -0.1) is 24.0 Å². The predicted molar refractivity (Wildman–Crippen MR) is 105 cm³/mol. The number of halogens is 3. The van der Waals surface area contributed by atoms with Gasteiger partial charge in [-0.05, 0) is 24.3 Å². The third-order valence-electron chi connectivity index (χ3n) is 3.35. The summed E-state index contributed by atoms with van der Waals surface area (Å²) in [5.74, 6) is 1.19. The van der Waals surface area contributed by atoms with Crippen molar-refractivity contribution in [3.05, 3.63) is 42.2 Å². The first-order valence-electron chi connectivity index (χ1n) is 7.66. The minimum Gasteiger partial charge on any atom is -0.497 e. The van der Waals surface area contributed by atoms with E-state index in [9.17, 15) is 8.78 Å². The fourth-order valence-electron chi connectivity index (χ4n) is 2.15. The molecule has 0 radical (unpaired) electrons. The maximum Gasteiger partial charge on any atom is 0.387 e. The van der Waals surface area contributed by atoms with Crippen LogP contribution in [0.25, 0.3) is 0 Å². The van der Waals surface area contributed by atoms with Crippen LogP contribution in [0, 0.1) is 0 Å².